The average molecular weight is 308 g/mol. The number of aryl methyl sites for hydroxylation is 2. The molecule has 1 amide bonds. The summed E-state index contributed by atoms with van der Waals surface area (Å²) in [5.74, 6) is -0.0600. The van der Waals surface area contributed by atoms with Gasteiger partial charge in [-0.2, -0.15) is 0 Å². The molecule has 0 bridgehead atoms. The molecule has 0 fully saturated rings. The van der Waals surface area contributed by atoms with Crippen molar-refractivity contribution in [3.8, 4) is 0 Å². The van der Waals surface area contributed by atoms with Crippen LogP contribution in [0, 0.1) is 13.8 Å². The minimum absolute atomic E-state index is 0.0600. The molecule has 0 aliphatic rings. The van der Waals surface area contributed by atoms with E-state index in [0.29, 0.717) is 16.7 Å². The van der Waals surface area contributed by atoms with E-state index in [0.717, 1.165) is 11.4 Å². The molecule has 0 radical (unpaired) electrons. The number of amides is 1. The van der Waals surface area contributed by atoms with E-state index in [1.54, 1.807) is 6.20 Å². The van der Waals surface area contributed by atoms with Crippen LogP contribution in [0.25, 0.3) is 0 Å². The third kappa shape index (κ3) is 4.01. The van der Waals surface area contributed by atoms with Crippen molar-refractivity contribution >= 4 is 34.1 Å². The number of hydrogen-bond acceptors (Lipinski definition) is 6. The molecule has 1 atom stereocenters. The number of thioether (sulfide) groups is 1. The van der Waals surface area contributed by atoms with Gasteiger partial charge < -0.3 is 5.32 Å². The van der Waals surface area contributed by atoms with Crippen LogP contribution in [0.15, 0.2) is 22.8 Å². The first-order chi connectivity index (χ1) is 9.58. The monoisotopic (exact) mass is 308 g/mol. The lowest BCUT2D eigenvalue weighted by Gasteiger charge is -2.12. The number of carbonyl (C=O) groups is 1. The number of aromatic nitrogens is 3. The van der Waals surface area contributed by atoms with Crippen molar-refractivity contribution < 1.29 is 4.79 Å². The van der Waals surface area contributed by atoms with Gasteiger partial charge in [0.25, 0.3) is 0 Å². The molecule has 2 aromatic heterocycles. The largest absolute Gasteiger partial charge is 0.301 e. The molecule has 0 aromatic carbocycles. The van der Waals surface area contributed by atoms with Gasteiger partial charge in [0.05, 0.1) is 5.25 Å². The Morgan fingerprint density at radius 2 is 2.10 bits per heavy atom. The second-order valence-electron chi connectivity index (χ2n) is 4.27. The number of carbonyl (C=O) groups excluding carboxylic acids is 1. The lowest BCUT2D eigenvalue weighted by atomic mass is 10.3. The fraction of sp³-hybridized carbons (Fsp3) is 0.385. The topological polar surface area (TPSA) is 67.8 Å². The van der Waals surface area contributed by atoms with Gasteiger partial charge in [-0.15, -0.1) is 11.3 Å². The molecule has 0 spiro atoms. The third-order valence-electron chi connectivity index (χ3n) is 2.54. The maximum atomic E-state index is 12.2. The van der Waals surface area contributed by atoms with E-state index in [4.69, 9.17) is 0 Å². The van der Waals surface area contributed by atoms with Crippen molar-refractivity contribution in [1.29, 1.82) is 0 Å². The Hall–Kier alpha value is -1.47. The van der Waals surface area contributed by atoms with Crippen LogP contribution >= 0.6 is 23.1 Å². The first-order valence-electron chi connectivity index (χ1n) is 6.27. The van der Waals surface area contributed by atoms with Gasteiger partial charge in [0.2, 0.25) is 5.91 Å². The van der Waals surface area contributed by atoms with E-state index in [2.05, 4.69) is 20.3 Å². The highest BCUT2D eigenvalue weighted by Gasteiger charge is 2.20. The van der Waals surface area contributed by atoms with Crippen molar-refractivity contribution in [3.05, 3.63) is 29.0 Å². The number of rotatable bonds is 5. The molecule has 2 rings (SSSR count). The SMILES string of the molecule is CCC(Sc1nc(C)cc(C)n1)C(=O)Nc1nccs1. The van der Waals surface area contributed by atoms with Gasteiger partial charge in [0.1, 0.15) is 0 Å². The van der Waals surface area contributed by atoms with Crippen LogP contribution in [-0.4, -0.2) is 26.1 Å². The van der Waals surface area contributed by atoms with Crippen molar-refractivity contribution in [1.82, 2.24) is 15.0 Å². The molecule has 7 heteroatoms. The second kappa shape index (κ2) is 6.81. The van der Waals surface area contributed by atoms with E-state index < -0.39 is 0 Å². The van der Waals surface area contributed by atoms with Crippen LogP contribution in [0.3, 0.4) is 0 Å². The summed E-state index contributed by atoms with van der Waals surface area (Å²) in [6, 6.07) is 1.92. The van der Waals surface area contributed by atoms with E-state index in [1.807, 2.05) is 32.2 Å². The fourth-order valence-corrected chi connectivity index (χ4v) is 3.18. The minimum atomic E-state index is -0.222. The predicted octanol–water partition coefficient (Wildman–Crippen LogP) is 3.06. The molecule has 106 valence electrons. The van der Waals surface area contributed by atoms with E-state index in [1.165, 1.54) is 23.1 Å². The Balaban J connectivity index is 2.06. The van der Waals surface area contributed by atoms with Crippen LogP contribution in [-0.2, 0) is 4.79 Å². The van der Waals surface area contributed by atoms with Crippen LogP contribution in [0.4, 0.5) is 5.13 Å². The van der Waals surface area contributed by atoms with Crippen LogP contribution in [0.5, 0.6) is 0 Å². The average Bonchev–Trinajstić information content (AvgIpc) is 2.87. The number of anilines is 1. The molecular weight excluding hydrogens is 292 g/mol. The highest BCUT2D eigenvalue weighted by atomic mass is 32.2. The Morgan fingerprint density at radius 3 is 2.65 bits per heavy atom. The number of thiazole rings is 1. The van der Waals surface area contributed by atoms with Crippen molar-refractivity contribution in [2.45, 2.75) is 37.6 Å². The summed E-state index contributed by atoms with van der Waals surface area (Å²) in [6.45, 7) is 5.83. The summed E-state index contributed by atoms with van der Waals surface area (Å²) in [5.41, 5.74) is 1.82. The zero-order valence-electron chi connectivity index (χ0n) is 11.6. The summed E-state index contributed by atoms with van der Waals surface area (Å²) < 4.78 is 0. The van der Waals surface area contributed by atoms with E-state index >= 15 is 0 Å². The maximum Gasteiger partial charge on any atom is 0.239 e. The van der Waals surface area contributed by atoms with Gasteiger partial charge in [-0.3, -0.25) is 4.79 Å². The van der Waals surface area contributed by atoms with Gasteiger partial charge in [-0.25, -0.2) is 15.0 Å². The summed E-state index contributed by atoms with van der Waals surface area (Å²) >= 11 is 2.80. The zero-order valence-corrected chi connectivity index (χ0v) is 13.2. The molecule has 0 saturated carbocycles. The molecule has 2 aromatic rings. The summed E-state index contributed by atoms with van der Waals surface area (Å²) in [5, 5.41) is 5.69. The Morgan fingerprint density at radius 1 is 1.40 bits per heavy atom. The molecule has 1 unspecified atom stereocenters. The Bertz CT molecular complexity index is 566. The molecule has 1 N–H and O–H groups in total. The highest BCUT2D eigenvalue weighted by molar-refractivity contribution is 8.00. The Labute approximate surface area is 126 Å². The second-order valence-corrected chi connectivity index (χ2v) is 6.34. The van der Waals surface area contributed by atoms with Gasteiger partial charge in [-0.05, 0) is 26.3 Å². The molecule has 5 nitrogen and oxygen atoms in total. The molecule has 2 heterocycles. The van der Waals surface area contributed by atoms with Crippen molar-refractivity contribution in [2.75, 3.05) is 5.32 Å². The van der Waals surface area contributed by atoms with Gasteiger partial charge in [-0.1, -0.05) is 18.7 Å². The summed E-state index contributed by atoms with van der Waals surface area (Å²) in [6.07, 6.45) is 2.37. The number of hydrogen-bond donors (Lipinski definition) is 1. The van der Waals surface area contributed by atoms with E-state index in [9.17, 15) is 4.79 Å². The maximum absolute atomic E-state index is 12.2. The minimum Gasteiger partial charge on any atom is -0.301 e. The molecule has 0 aliphatic heterocycles. The predicted molar refractivity (Wildman–Crippen MR) is 82.2 cm³/mol. The smallest absolute Gasteiger partial charge is 0.239 e. The first-order valence-corrected chi connectivity index (χ1v) is 8.03. The molecule has 0 saturated heterocycles. The molecule has 0 aliphatic carbocycles. The Kier molecular flexibility index (Phi) is 5.08. The lowest BCUT2D eigenvalue weighted by molar-refractivity contribution is -0.115. The van der Waals surface area contributed by atoms with Crippen LogP contribution < -0.4 is 5.32 Å². The normalized spacial score (nSPS) is 12.2. The zero-order chi connectivity index (χ0) is 14.5. The highest BCUT2D eigenvalue weighted by Crippen LogP contribution is 2.24. The molecule has 20 heavy (non-hydrogen) atoms. The van der Waals surface area contributed by atoms with Crippen molar-refractivity contribution in [3.63, 3.8) is 0 Å². The van der Waals surface area contributed by atoms with E-state index in [-0.39, 0.29) is 11.2 Å². The quantitative estimate of drug-likeness (QED) is 0.679. The lowest BCUT2D eigenvalue weighted by Crippen LogP contribution is -2.24. The van der Waals surface area contributed by atoms with Crippen LogP contribution in [0.2, 0.25) is 0 Å². The van der Waals surface area contributed by atoms with Gasteiger partial charge in [0, 0.05) is 23.0 Å². The van der Waals surface area contributed by atoms with Gasteiger partial charge >= 0.3 is 0 Å². The number of nitrogens with one attached hydrogen (secondary N) is 1. The van der Waals surface area contributed by atoms with Gasteiger partial charge in [0.15, 0.2) is 10.3 Å². The fourth-order valence-electron chi connectivity index (χ4n) is 1.67. The summed E-state index contributed by atoms with van der Waals surface area (Å²) in [4.78, 5) is 25.0. The summed E-state index contributed by atoms with van der Waals surface area (Å²) in [7, 11) is 0. The third-order valence-corrected chi connectivity index (χ3v) is 4.45. The van der Waals surface area contributed by atoms with Crippen molar-refractivity contribution in [2.24, 2.45) is 0 Å². The molecular formula is C13H16N4OS2. The first kappa shape index (κ1) is 14.9. The van der Waals surface area contributed by atoms with Crippen LogP contribution in [0.1, 0.15) is 24.7 Å². The number of nitrogens with zero attached hydrogens (tertiary/aromatic N) is 3. The standard InChI is InChI=1S/C13H16N4OS2/c1-4-10(11(18)17-12-14-5-6-19-12)20-13-15-8(2)7-9(3)16-13/h5-7,10H,4H2,1-3H3,(H,14,17,18).